The highest BCUT2D eigenvalue weighted by Gasteiger charge is 2.22. The van der Waals surface area contributed by atoms with Gasteiger partial charge in [-0.25, -0.2) is 4.79 Å². The van der Waals surface area contributed by atoms with E-state index in [9.17, 15) is 14.4 Å². The molecule has 0 fully saturated rings. The number of nitrogens with one attached hydrogen (secondary N) is 1. The first-order valence-corrected chi connectivity index (χ1v) is 10.8. The third kappa shape index (κ3) is 4.21. The molecule has 1 amide bonds. The van der Waals surface area contributed by atoms with Crippen molar-refractivity contribution in [1.82, 2.24) is 19.3 Å². The number of benzene rings is 2. The molecule has 12 nitrogen and oxygen atoms in total. The molecule has 0 spiro atoms. The van der Waals surface area contributed by atoms with Gasteiger partial charge in [0.2, 0.25) is 18.6 Å². The van der Waals surface area contributed by atoms with Crippen LogP contribution < -0.4 is 30.8 Å². The molecule has 2 aromatic heterocycles. The minimum Gasteiger partial charge on any atom is -0.492 e. The summed E-state index contributed by atoms with van der Waals surface area (Å²) in [5.41, 5.74) is -0.609. The van der Waals surface area contributed by atoms with Crippen molar-refractivity contribution in [3.05, 3.63) is 69.0 Å². The lowest BCUT2D eigenvalue weighted by Crippen LogP contribution is -2.42. The van der Waals surface area contributed by atoms with Gasteiger partial charge in [0.1, 0.15) is 18.8 Å². The Kier molecular flexibility index (Phi) is 5.69. The normalized spacial score (nSPS) is 12.2. The molecular formula is C23H21N5O7. The lowest BCUT2D eigenvalue weighted by atomic mass is 10.2. The van der Waals surface area contributed by atoms with Gasteiger partial charge < -0.3 is 24.1 Å². The number of fused-ring (bicyclic) bond motifs is 2. The van der Waals surface area contributed by atoms with E-state index in [2.05, 4.69) is 15.5 Å². The summed E-state index contributed by atoms with van der Waals surface area (Å²) in [7, 11) is 0. The molecule has 180 valence electrons. The lowest BCUT2D eigenvalue weighted by Gasteiger charge is -2.15. The van der Waals surface area contributed by atoms with Crippen molar-refractivity contribution in [3.8, 4) is 17.2 Å². The van der Waals surface area contributed by atoms with Gasteiger partial charge in [-0.05, 0) is 32.0 Å². The molecule has 1 N–H and O–H groups in total. The molecule has 4 aromatic rings. The van der Waals surface area contributed by atoms with Crippen LogP contribution in [0.4, 0.5) is 5.69 Å². The number of aromatic nitrogens is 4. The predicted octanol–water partition coefficient (Wildman–Crippen LogP) is 1.67. The molecule has 3 heterocycles. The number of hydrogen-bond acceptors (Lipinski definition) is 9. The van der Waals surface area contributed by atoms with E-state index in [1.165, 1.54) is 16.7 Å². The van der Waals surface area contributed by atoms with Gasteiger partial charge in [0, 0.05) is 6.07 Å². The highest BCUT2D eigenvalue weighted by atomic mass is 16.7. The number of nitrogens with zero attached hydrogens (tertiary/aromatic N) is 4. The molecule has 0 saturated carbocycles. The van der Waals surface area contributed by atoms with Gasteiger partial charge >= 0.3 is 5.69 Å². The van der Waals surface area contributed by atoms with E-state index in [1.807, 2.05) is 6.92 Å². The fourth-order valence-corrected chi connectivity index (χ4v) is 3.82. The SMILES string of the molecule is CCOc1ccccc1NC(=O)Cn1c(=O)n(Cc2nc(C)no2)c(=O)c2cc3c(cc21)OCO3. The summed E-state index contributed by atoms with van der Waals surface area (Å²) < 4.78 is 23.6. The molecule has 0 bridgehead atoms. The number of hydrogen-bond donors (Lipinski definition) is 1. The van der Waals surface area contributed by atoms with Crippen LogP contribution >= 0.6 is 0 Å². The molecule has 2 aromatic carbocycles. The van der Waals surface area contributed by atoms with Gasteiger partial charge in [-0.1, -0.05) is 17.3 Å². The van der Waals surface area contributed by atoms with Gasteiger partial charge in [0.15, 0.2) is 17.3 Å². The first-order valence-electron chi connectivity index (χ1n) is 10.8. The molecule has 5 rings (SSSR count). The van der Waals surface area contributed by atoms with Crippen molar-refractivity contribution < 1.29 is 23.5 Å². The number of ether oxygens (including phenoxy) is 3. The molecule has 0 radical (unpaired) electrons. The lowest BCUT2D eigenvalue weighted by molar-refractivity contribution is -0.116. The fourth-order valence-electron chi connectivity index (χ4n) is 3.82. The number of para-hydroxylation sites is 2. The Morgan fingerprint density at radius 1 is 1.14 bits per heavy atom. The van der Waals surface area contributed by atoms with Gasteiger partial charge in [-0.2, -0.15) is 4.98 Å². The Morgan fingerprint density at radius 2 is 1.91 bits per heavy atom. The summed E-state index contributed by atoms with van der Waals surface area (Å²) in [6.45, 7) is 3.24. The van der Waals surface area contributed by atoms with Crippen LogP contribution in [-0.2, 0) is 17.9 Å². The highest BCUT2D eigenvalue weighted by molar-refractivity contribution is 5.93. The maximum atomic E-state index is 13.4. The van der Waals surface area contributed by atoms with E-state index in [-0.39, 0.29) is 36.7 Å². The fraction of sp³-hybridized carbons (Fsp3) is 0.261. The molecule has 1 aliphatic heterocycles. The molecule has 0 saturated heterocycles. The van der Waals surface area contributed by atoms with Crippen LogP contribution in [0.2, 0.25) is 0 Å². The van der Waals surface area contributed by atoms with Crippen molar-refractivity contribution in [3.63, 3.8) is 0 Å². The summed E-state index contributed by atoms with van der Waals surface area (Å²) in [6.07, 6.45) is 0. The number of rotatable bonds is 7. The Bertz CT molecular complexity index is 1550. The Labute approximate surface area is 197 Å². The monoisotopic (exact) mass is 479 g/mol. The van der Waals surface area contributed by atoms with Crippen molar-refractivity contribution >= 4 is 22.5 Å². The third-order valence-corrected chi connectivity index (χ3v) is 5.34. The maximum Gasteiger partial charge on any atom is 0.332 e. The van der Waals surface area contributed by atoms with Crippen molar-refractivity contribution in [2.75, 3.05) is 18.7 Å². The first-order chi connectivity index (χ1) is 16.9. The van der Waals surface area contributed by atoms with Crippen molar-refractivity contribution in [2.24, 2.45) is 0 Å². The second-order valence-electron chi connectivity index (χ2n) is 7.70. The average Bonchev–Trinajstić information content (AvgIpc) is 3.48. The van der Waals surface area contributed by atoms with Gasteiger partial charge in [-0.15, -0.1) is 0 Å². The summed E-state index contributed by atoms with van der Waals surface area (Å²) in [5.74, 6) is 1.21. The van der Waals surface area contributed by atoms with Crippen LogP contribution in [0.15, 0.2) is 50.5 Å². The van der Waals surface area contributed by atoms with Crippen LogP contribution in [0.5, 0.6) is 17.2 Å². The summed E-state index contributed by atoms with van der Waals surface area (Å²) >= 11 is 0. The van der Waals surface area contributed by atoms with E-state index in [1.54, 1.807) is 31.2 Å². The van der Waals surface area contributed by atoms with Crippen LogP contribution in [0, 0.1) is 6.92 Å². The predicted molar refractivity (Wildman–Crippen MR) is 123 cm³/mol. The van der Waals surface area contributed by atoms with E-state index in [4.69, 9.17) is 18.7 Å². The quantitative estimate of drug-likeness (QED) is 0.419. The van der Waals surface area contributed by atoms with Gasteiger partial charge in [-0.3, -0.25) is 18.7 Å². The van der Waals surface area contributed by atoms with Crippen LogP contribution in [0.1, 0.15) is 18.6 Å². The summed E-state index contributed by atoms with van der Waals surface area (Å²) in [4.78, 5) is 43.8. The van der Waals surface area contributed by atoms with E-state index in [0.29, 0.717) is 35.4 Å². The Balaban J connectivity index is 1.59. The van der Waals surface area contributed by atoms with Crippen LogP contribution in [-0.4, -0.2) is 38.6 Å². The topological polar surface area (TPSA) is 140 Å². The summed E-state index contributed by atoms with van der Waals surface area (Å²) in [5, 5.41) is 6.64. The Hall–Kier alpha value is -4.61. The second-order valence-corrected chi connectivity index (χ2v) is 7.70. The van der Waals surface area contributed by atoms with E-state index < -0.39 is 17.2 Å². The minimum atomic E-state index is -0.717. The maximum absolute atomic E-state index is 13.4. The number of carbonyl (C=O) groups is 1. The molecule has 35 heavy (non-hydrogen) atoms. The zero-order valence-electron chi connectivity index (χ0n) is 18.9. The molecular weight excluding hydrogens is 458 g/mol. The minimum absolute atomic E-state index is 0.0139. The van der Waals surface area contributed by atoms with Crippen LogP contribution in [0.25, 0.3) is 10.9 Å². The molecule has 0 atom stereocenters. The molecule has 0 aliphatic carbocycles. The number of aryl methyl sites for hydroxylation is 1. The van der Waals surface area contributed by atoms with E-state index >= 15 is 0 Å². The first kappa shape index (κ1) is 22.2. The number of amides is 1. The standard InChI is InChI=1S/C23H21N5O7/c1-3-32-17-7-5-4-6-15(17)25-20(29)10-27-16-9-19-18(33-12-34-19)8-14(16)22(30)28(23(27)31)11-21-24-13(2)26-35-21/h4-9H,3,10-12H2,1-2H3,(H,25,29). The largest absolute Gasteiger partial charge is 0.492 e. The third-order valence-electron chi connectivity index (χ3n) is 5.34. The van der Waals surface area contributed by atoms with Gasteiger partial charge in [0.25, 0.3) is 5.56 Å². The zero-order valence-corrected chi connectivity index (χ0v) is 18.9. The average molecular weight is 479 g/mol. The summed E-state index contributed by atoms with van der Waals surface area (Å²) in [6, 6.07) is 9.98. The van der Waals surface area contributed by atoms with E-state index in [0.717, 1.165) is 4.57 Å². The van der Waals surface area contributed by atoms with Crippen molar-refractivity contribution in [2.45, 2.75) is 26.9 Å². The van der Waals surface area contributed by atoms with Crippen LogP contribution in [0.3, 0.4) is 0 Å². The number of carbonyl (C=O) groups excluding carboxylic acids is 1. The van der Waals surface area contributed by atoms with Crippen molar-refractivity contribution in [1.29, 1.82) is 0 Å². The Morgan fingerprint density at radius 3 is 2.66 bits per heavy atom. The molecule has 12 heteroatoms. The smallest absolute Gasteiger partial charge is 0.332 e. The number of anilines is 1. The molecule has 1 aliphatic rings. The highest BCUT2D eigenvalue weighted by Crippen LogP contribution is 2.34. The second kappa shape index (κ2) is 8.97. The molecule has 0 unspecified atom stereocenters. The van der Waals surface area contributed by atoms with Gasteiger partial charge in [0.05, 0.1) is 23.2 Å². The zero-order chi connectivity index (χ0) is 24.5.